The Balaban J connectivity index is 1.66. The van der Waals surface area contributed by atoms with Gasteiger partial charge in [-0.3, -0.25) is 4.79 Å². The van der Waals surface area contributed by atoms with E-state index in [4.69, 9.17) is 0 Å². The number of aliphatic carboxylic acids is 1. The highest BCUT2D eigenvalue weighted by Gasteiger charge is 2.39. The lowest BCUT2D eigenvalue weighted by Gasteiger charge is -2.24. The molecule has 0 saturated carbocycles. The molecule has 21 heavy (non-hydrogen) atoms. The van der Waals surface area contributed by atoms with E-state index in [2.05, 4.69) is 10.9 Å². The molecule has 6 nitrogen and oxygen atoms in total. The van der Waals surface area contributed by atoms with Crippen LogP contribution in [0.5, 0.6) is 0 Å². The fraction of sp³-hybridized carbons (Fsp3) is 0.467. The molecule has 1 amide bonds. The summed E-state index contributed by atoms with van der Waals surface area (Å²) in [6.45, 7) is 0.532. The number of nitrogens with one attached hydrogen (secondary N) is 2. The molecule has 2 aliphatic rings. The van der Waals surface area contributed by atoms with E-state index in [-0.39, 0.29) is 18.0 Å². The molecular weight excluding hydrogens is 270 g/mol. The summed E-state index contributed by atoms with van der Waals surface area (Å²) in [5.41, 5.74) is 7.26. The Morgan fingerprint density at radius 1 is 1.19 bits per heavy atom. The van der Waals surface area contributed by atoms with Crippen LogP contribution in [0.3, 0.4) is 0 Å². The Kier molecular flexibility index (Phi) is 3.90. The van der Waals surface area contributed by atoms with Crippen molar-refractivity contribution in [1.29, 1.82) is 0 Å². The zero-order chi connectivity index (χ0) is 14.8. The summed E-state index contributed by atoms with van der Waals surface area (Å²) in [5, 5.41) is 9.18. The van der Waals surface area contributed by atoms with Gasteiger partial charge in [-0.1, -0.05) is 30.3 Å². The second-order valence-corrected chi connectivity index (χ2v) is 5.57. The number of likely N-dealkylation sites (tertiary alicyclic amines) is 1. The minimum absolute atomic E-state index is 0.0750. The second-order valence-electron chi connectivity index (χ2n) is 5.57. The van der Waals surface area contributed by atoms with Gasteiger partial charge in [-0.15, -0.1) is 0 Å². The van der Waals surface area contributed by atoms with Crippen LogP contribution < -0.4 is 10.9 Å². The molecule has 3 atom stereocenters. The van der Waals surface area contributed by atoms with Gasteiger partial charge in [0.05, 0.1) is 0 Å². The zero-order valence-electron chi connectivity index (χ0n) is 11.7. The Hall–Kier alpha value is -1.92. The summed E-state index contributed by atoms with van der Waals surface area (Å²) in [6, 6.07) is 8.96. The molecule has 2 saturated heterocycles. The Morgan fingerprint density at radius 2 is 1.95 bits per heavy atom. The van der Waals surface area contributed by atoms with Crippen molar-refractivity contribution in [2.45, 2.75) is 37.4 Å². The first kappa shape index (κ1) is 14.0. The number of rotatable bonds is 3. The molecule has 2 fully saturated rings. The fourth-order valence-corrected chi connectivity index (χ4v) is 3.11. The first-order valence-electron chi connectivity index (χ1n) is 7.26. The lowest BCUT2D eigenvalue weighted by molar-refractivity contribution is -0.148. The lowest BCUT2D eigenvalue weighted by atomic mass is 10.0. The van der Waals surface area contributed by atoms with Gasteiger partial charge in [0.1, 0.15) is 12.1 Å². The molecule has 6 heteroatoms. The van der Waals surface area contributed by atoms with Crippen LogP contribution in [0.15, 0.2) is 30.3 Å². The molecule has 0 aliphatic carbocycles. The van der Waals surface area contributed by atoms with Crippen molar-refractivity contribution in [2.75, 3.05) is 6.54 Å². The van der Waals surface area contributed by atoms with Gasteiger partial charge in [-0.05, 0) is 24.8 Å². The Morgan fingerprint density at radius 3 is 2.67 bits per heavy atom. The van der Waals surface area contributed by atoms with E-state index < -0.39 is 12.0 Å². The number of benzene rings is 1. The number of nitrogens with zero attached hydrogens (tertiary/aromatic N) is 1. The van der Waals surface area contributed by atoms with Crippen LogP contribution in [-0.2, 0) is 9.59 Å². The number of hydrogen-bond acceptors (Lipinski definition) is 4. The van der Waals surface area contributed by atoms with Gasteiger partial charge in [-0.2, -0.15) is 0 Å². The molecule has 2 aliphatic heterocycles. The third-order valence-electron chi connectivity index (χ3n) is 4.22. The highest BCUT2D eigenvalue weighted by molar-refractivity contribution is 5.87. The highest BCUT2D eigenvalue weighted by Crippen LogP contribution is 2.25. The molecule has 1 aromatic rings. The van der Waals surface area contributed by atoms with E-state index in [1.807, 2.05) is 30.3 Å². The Bertz CT molecular complexity index is 534. The lowest BCUT2D eigenvalue weighted by Crippen LogP contribution is -2.49. The van der Waals surface area contributed by atoms with Gasteiger partial charge in [0.25, 0.3) is 0 Å². The van der Waals surface area contributed by atoms with Crippen LogP contribution >= 0.6 is 0 Å². The summed E-state index contributed by atoms with van der Waals surface area (Å²) in [5.74, 6) is -1.03. The quantitative estimate of drug-likeness (QED) is 0.762. The first-order valence-corrected chi connectivity index (χ1v) is 7.26. The smallest absolute Gasteiger partial charge is 0.326 e. The standard InChI is InChI=1S/C15H19N3O3/c19-14(18-8-4-7-13(18)15(20)21)12-9-11(16-17-12)10-5-2-1-3-6-10/h1-3,5-6,11-13,16-17H,4,7-9H2,(H,20,21)/t11?,12?,13-/m1/s1. The van der Waals surface area contributed by atoms with Crippen LogP contribution in [0.4, 0.5) is 0 Å². The summed E-state index contributed by atoms with van der Waals surface area (Å²) < 4.78 is 0. The van der Waals surface area contributed by atoms with Crippen molar-refractivity contribution in [1.82, 2.24) is 15.8 Å². The predicted octanol–water partition coefficient (Wildman–Crippen LogP) is 0.670. The van der Waals surface area contributed by atoms with Crippen molar-refractivity contribution in [3.05, 3.63) is 35.9 Å². The van der Waals surface area contributed by atoms with E-state index in [1.165, 1.54) is 4.90 Å². The SMILES string of the molecule is O=C(O)[C@H]1CCCN1C(=O)C1CC(c2ccccc2)NN1. The zero-order valence-corrected chi connectivity index (χ0v) is 11.7. The van der Waals surface area contributed by atoms with E-state index in [9.17, 15) is 14.7 Å². The molecule has 0 radical (unpaired) electrons. The largest absolute Gasteiger partial charge is 0.480 e. The van der Waals surface area contributed by atoms with Crippen molar-refractivity contribution in [3.8, 4) is 0 Å². The number of carbonyl (C=O) groups is 2. The van der Waals surface area contributed by atoms with Crippen LogP contribution in [-0.4, -0.2) is 40.5 Å². The van der Waals surface area contributed by atoms with Gasteiger partial charge in [0, 0.05) is 12.6 Å². The second kappa shape index (κ2) is 5.83. The van der Waals surface area contributed by atoms with Gasteiger partial charge >= 0.3 is 5.97 Å². The molecule has 0 aromatic heterocycles. The maximum absolute atomic E-state index is 12.5. The fourth-order valence-electron chi connectivity index (χ4n) is 3.11. The summed E-state index contributed by atoms with van der Waals surface area (Å²) >= 11 is 0. The molecule has 0 spiro atoms. The maximum Gasteiger partial charge on any atom is 0.326 e. The molecule has 3 N–H and O–H groups in total. The highest BCUT2D eigenvalue weighted by atomic mass is 16.4. The predicted molar refractivity (Wildman–Crippen MR) is 76.2 cm³/mol. The summed E-state index contributed by atoms with van der Waals surface area (Å²) in [6.07, 6.45) is 1.93. The number of carboxylic acid groups (broad SMARTS) is 1. The minimum atomic E-state index is -0.911. The van der Waals surface area contributed by atoms with Crippen molar-refractivity contribution >= 4 is 11.9 Å². The molecule has 3 rings (SSSR count). The van der Waals surface area contributed by atoms with Crippen LogP contribution in [0.2, 0.25) is 0 Å². The maximum atomic E-state index is 12.5. The average molecular weight is 289 g/mol. The normalized spacial score (nSPS) is 28.8. The summed E-state index contributed by atoms with van der Waals surface area (Å²) in [4.78, 5) is 25.2. The molecule has 1 aromatic carbocycles. The number of hydrogen-bond donors (Lipinski definition) is 3. The average Bonchev–Trinajstić information content (AvgIpc) is 3.17. The van der Waals surface area contributed by atoms with Crippen molar-refractivity contribution in [3.63, 3.8) is 0 Å². The molecular formula is C15H19N3O3. The van der Waals surface area contributed by atoms with E-state index in [0.29, 0.717) is 19.4 Å². The van der Waals surface area contributed by atoms with Gasteiger partial charge in [-0.25, -0.2) is 15.6 Å². The van der Waals surface area contributed by atoms with E-state index >= 15 is 0 Å². The molecule has 0 bridgehead atoms. The number of carbonyl (C=O) groups excluding carboxylic acids is 1. The topological polar surface area (TPSA) is 81.7 Å². The van der Waals surface area contributed by atoms with Gasteiger partial charge in [0.15, 0.2) is 0 Å². The van der Waals surface area contributed by atoms with Gasteiger partial charge < -0.3 is 10.0 Å². The van der Waals surface area contributed by atoms with Crippen molar-refractivity contribution in [2.24, 2.45) is 0 Å². The minimum Gasteiger partial charge on any atom is -0.480 e. The Labute approximate surface area is 123 Å². The third-order valence-corrected chi connectivity index (χ3v) is 4.22. The van der Waals surface area contributed by atoms with E-state index in [0.717, 1.165) is 12.0 Å². The molecule has 2 heterocycles. The van der Waals surface area contributed by atoms with Crippen molar-refractivity contribution < 1.29 is 14.7 Å². The summed E-state index contributed by atoms with van der Waals surface area (Å²) in [7, 11) is 0. The van der Waals surface area contributed by atoms with Crippen LogP contribution in [0.25, 0.3) is 0 Å². The first-order chi connectivity index (χ1) is 10.2. The van der Waals surface area contributed by atoms with Crippen LogP contribution in [0.1, 0.15) is 30.9 Å². The number of carboxylic acids is 1. The third kappa shape index (κ3) is 2.77. The number of amides is 1. The van der Waals surface area contributed by atoms with Gasteiger partial charge in [0.2, 0.25) is 5.91 Å². The monoisotopic (exact) mass is 289 g/mol. The van der Waals surface area contributed by atoms with Crippen LogP contribution in [0, 0.1) is 0 Å². The molecule has 112 valence electrons. The van der Waals surface area contributed by atoms with E-state index in [1.54, 1.807) is 0 Å². The molecule has 2 unspecified atom stereocenters. The number of hydrazine groups is 1.